The Kier molecular flexibility index (Phi) is 7.23. The van der Waals surface area contributed by atoms with Gasteiger partial charge in [0.05, 0.1) is 0 Å². The molecule has 0 fully saturated rings. The van der Waals surface area contributed by atoms with Crippen molar-refractivity contribution in [3.8, 4) is 0 Å². The molecule has 0 aromatic carbocycles. The maximum Gasteiger partial charge on any atom is 0.156 e. The summed E-state index contributed by atoms with van der Waals surface area (Å²) in [6.45, 7) is 3.38. The summed E-state index contributed by atoms with van der Waals surface area (Å²) >= 11 is 0. The predicted molar refractivity (Wildman–Crippen MR) is 54.8 cm³/mol. The zero-order valence-electron chi connectivity index (χ0n) is 9.54. The van der Waals surface area contributed by atoms with E-state index in [1.54, 1.807) is 14.2 Å². The molecule has 0 saturated carbocycles. The van der Waals surface area contributed by atoms with Gasteiger partial charge in [-0.05, 0) is 32.9 Å². The minimum atomic E-state index is -0.0374. The Morgan fingerprint density at radius 1 is 1.08 bits per heavy atom. The lowest BCUT2D eigenvalue weighted by Crippen LogP contribution is -2.21. The van der Waals surface area contributed by atoms with Crippen molar-refractivity contribution in [2.45, 2.75) is 26.1 Å². The van der Waals surface area contributed by atoms with Crippen molar-refractivity contribution in [1.82, 2.24) is 4.90 Å². The van der Waals surface area contributed by atoms with Gasteiger partial charge < -0.3 is 14.4 Å². The molecular weight excluding hydrogens is 166 g/mol. The van der Waals surface area contributed by atoms with Gasteiger partial charge in [0.15, 0.2) is 6.29 Å². The molecule has 0 rings (SSSR count). The second-order valence-electron chi connectivity index (χ2n) is 3.85. The van der Waals surface area contributed by atoms with E-state index in [0.717, 1.165) is 19.4 Å². The molecule has 0 aliphatic heterocycles. The van der Waals surface area contributed by atoms with Gasteiger partial charge in [-0.2, -0.15) is 0 Å². The first-order valence-electron chi connectivity index (χ1n) is 4.80. The summed E-state index contributed by atoms with van der Waals surface area (Å²) in [4.78, 5) is 2.21. The summed E-state index contributed by atoms with van der Waals surface area (Å²) in [7, 11) is 7.57. The largest absolute Gasteiger partial charge is 0.356 e. The third-order valence-corrected chi connectivity index (χ3v) is 2.10. The van der Waals surface area contributed by atoms with Crippen LogP contribution in [0.2, 0.25) is 0 Å². The molecule has 3 nitrogen and oxygen atoms in total. The van der Waals surface area contributed by atoms with E-state index in [0.29, 0.717) is 5.92 Å². The first kappa shape index (κ1) is 12.9. The fraction of sp³-hybridized carbons (Fsp3) is 1.00. The monoisotopic (exact) mass is 189 g/mol. The van der Waals surface area contributed by atoms with E-state index in [-0.39, 0.29) is 6.29 Å². The van der Waals surface area contributed by atoms with E-state index in [2.05, 4.69) is 25.9 Å². The lowest BCUT2D eigenvalue weighted by Gasteiger charge is -2.19. The van der Waals surface area contributed by atoms with Gasteiger partial charge >= 0.3 is 0 Å². The van der Waals surface area contributed by atoms with Gasteiger partial charge in [0.25, 0.3) is 0 Å². The Labute approximate surface area is 82.0 Å². The third-order valence-electron chi connectivity index (χ3n) is 2.10. The molecule has 80 valence electrons. The van der Waals surface area contributed by atoms with E-state index >= 15 is 0 Å². The molecule has 0 spiro atoms. The summed E-state index contributed by atoms with van der Waals surface area (Å²) < 4.78 is 10.2. The molecule has 0 saturated heterocycles. The van der Waals surface area contributed by atoms with Gasteiger partial charge in [-0.15, -0.1) is 0 Å². The Morgan fingerprint density at radius 3 is 2.00 bits per heavy atom. The average Bonchev–Trinajstić information content (AvgIpc) is 2.05. The van der Waals surface area contributed by atoms with Crippen LogP contribution in [0.5, 0.6) is 0 Å². The smallest absolute Gasteiger partial charge is 0.156 e. The van der Waals surface area contributed by atoms with Crippen LogP contribution >= 0.6 is 0 Å². The van der Waals surface area contributed by atoms with Crippen molar-refractivity contribution in [1.29, 1.82) is 0 Å². The van der Waals surface area contributed by atoms with Crippen LogP contribution in [0.15, 0.2) is 0 Å². The topological polar surface area (TPSA) is 21.7 Å². The first-order valence-corrected chi connectivity index (χ1v) is 4.80. The van der Waals surface area contributed by atoms with Crippen LogP contribution in [0.25, 0.3) is 0 Å². The summed E-state index contributed by atoms with van der Waals surface area (Å²) in [5.41, 5.74) is 0. The highest BCUT2D eigenvalue weighted by molar-refractivity contribution is 4.57. The van der Waals surface area contributed by atoms with Crippen molar-refractivity contribution in [3.63, 3.8) is 0 Å². The summed E-state index contributed by atoms with van der Waals surface area (Å²) in [6, 6.07) is 0. The van der Waals surface area contributed by atoms with Gasteiger partial charge in [-0.25, -0.2) is 0 Å². The fourth-order valence-electron chi connectivity index (χ4n) is 1.47. The van der Waals surface area contributed by atoms with Crippen molar-refractivity contribution < 1.29 is 9.47 Å². The number of rotatable bonds is 7. The van der Waals surface area contributed by atoms with Crippen molar-refractivity contribution >= 4 is 0 Å². The van der Waals surface area contributed by atoms with Crippen molar-refractivity contribution in [2.75, 3.05) is 34.9 Å². The van der Waals surface area contributed by atoms with E-state index < -0.39 is 0 Å². The van der Waals surface area contributed by atoms with Crippen LogP contribution in [-0.2, 0) is 9.47 Å². The lowest BCUT2D eigenvalue weighted by atomic mass is 10.1. The zero-order chi connectivity index (χ0) is 10.3. The second-order valence-corrected chi connectivity index (χ2v) is 3.85. The summed E-state index contributed by atoms with van der Waals surface area (Å²) in [6.07, 6.45) is 2.08. The Balaban J connectivity index is 3.49. The Bertz CT molecular complexity index is 113. The van der Waals surface area contributed by atoms with Crippen LogP contribution < -0.4 is 0 Å². The number of hydrogen-bond donors (Lipinski definition) is 0. The molecule has 0 radical (unpaired) electrons. The van der Waals surface area contributed by atoms with Crippen LogP contribution in [0.4, 0.5) is 0 Å². The predicted octanol–water partition coefficient (Wildman–Crippen LogP) is 1.58. The molecule has 1 unspecified atom stereocenters. The number of hydrogen-bond acceptors (Lipinski definition) is 3. The molecule has 13 heavy (non-hydrogen) atoms. The molecule has 0 aromatic rings. The molecule has 0 bridgehead atoms. The summed E-state index contributed by atoms with van der Waals surface area (Å²) in [5.74, 6) is 0.697. The van der Waals surface area contributed by atoms with Gasteiger partial charge in [-0.3, -0.25) is 0 Å². The minimum Gasteiger partial charge on any atom is -0.356 e. The van der Waals surface area contributed by atoms with Crippen LogP contribution in [-0.4, -0.2) is 46.0 Å². The maximum atomic E-state index is 5.12. The van der Waals surface area contributed by atoms with Crippen LogP contribution in [0, 0.1) is 5.92 Å². The van der Waals surface area contributed by atoms with E-state index in [4.69, 9.17) is 9.47 Å². The number of ether oxygens (including phenoxy) is 2. The highest BCUT2D eigenvalue weighted by Crippen LogP contribution is 2.10. The molecular formula is C10H23NO2. The Hall–Kier alpha value is -0.120. The molecule has 0 aliphatic rings. The quantitative estimate of drug-likeness (QED) is 0.568. The standard InChI is InChI=1S/C10H23NO2/c1-9(8-11(2)3)6-7-10(12-4)13-5/h9-10H,6-8H2,1-5H3. The molecule has 3 heteroatoms. The molecule has 0 aromatic heterocycles. The maximum absolute atomic E-state index is 5.12. The lowest BCUT2D eigenvalue weighted by molar-refractivity contribution is -0.108. The van der Waals surface area contributed by atoms with Gasteiger partial charge in [0.1, 0.15) is 0 Å². The first-order chi connectivity index (χ1) is 6.10. The minimum absolute atomic E-state index is 0.0374. The van der Waals surface area contributed by atoms with Crippen molar-refractivity contribution in [3.05, 3.63) is 0 Å². The highest BCUT2D eigenvalue weighted by Gasteiger charge is 2.09. The van der Waals surface area contributed by atoms with Crippen molar-refractivity contribution in [2.24, 2.45) is 5.92 Å². The molecule has 0 amide bonds. The number of methoxy groups -OCH3 is 2. The van der Waals surface area contributed by atoms with E-state index in [1.807, 2.05) is 0 Å². The second kappa shape index (κ2) is 7.30. The van der Waals surface area contributed by atoms with Gasteiger partial charge in [0, 0.05) is 20.8 Å². The molecule has 0 heterocycles. The third kappa shape index (κ3) is 6.99. The zero-order valence-corrected chi connectivity index (χ0v) is 9.54. The molecule has 0 aliphatic carbocycles. The summed E-state index contributed by atoms with van der Waals surface area (Å²) in [5, 5.41) is 0. The SMILES string of the molecule is COC(CCC(C)CN(C)C)OC. The van der Waals surface area contributed by atoms with E-state index in [1.165, 1.54) is 0 Å². The average molecular weight is 189 g/mol. The highest BCUT2D eigenvalue weighted by atomic mass is 16.7. The van der Waals surface area contributed by atoms with E-state index in [9.17, 15) is 0 Å². The normalized spacial score (nSPS) is 14.1. The molecule has 0 N–H and O–H groups in total. The van der Waals surface area contributed by atoms with Crippen LogP contribution in [0.1, 0.15) is 19.8 Å². The van der Waals surface area contributed by atoms with Gasteiger partial charge in [-0.1, -0.05) is 6.92 Å². The molecule has 1 atom stereocenters. The number of nitrogens with zero attached hydrogens (tertiary/aromatic N) is 1. The Morgan fingerprint density at radius 2 is 1.62 bits per heavy atom. The van der Waals surface area contributed by atoms with Gasteiger partial charge in [0.2, 0.25) is 0 Å². The fourth-order valence-corrected chi connectivity index (χ4v) is 1.47. The van der Waals surface area contributed by atoms with Crippen LogP contribution in [0.3, 0.4) is 0 Å².